The fourth-order valence-corrected chi connectivity index (χ4v) is 1.14. The number of halogens is 3. The SMILES string of the molecule is CC(C)n1nccc1[C@H](O)C(F)(F)F. The Morgan fingerprint density at radius 3 is 2.43 bits per heavy atom. The molecule has 0 radical (unpaired) electrons. The van der Waals surface area contributed by atoms with Gasteiger partial charge in [-0.3, -0.25) is 4.68 Å². The predicted octanol–water partition coefficient (Wildman–Crippen LogP) is 2.06. The number of alkyl halides is 3. The van der Waals surface area contributed by atoms with Crippen LogP contribution in [-0.4, -0.2) is 21.1 Å². The molecule has 0 saturated heterocycles. The monoisotopic (exact) mass is 208 g/mol. The number of aliphatic hydroxyl groups is 1. The second-order valence-electron chi connectivity index (χ2n) is 3.24. The minimum absolute atomic E-state index is 0.211. The Kier molecular flexibility index (Phi) is 2.84. The molecule has 80 valence electrons. The lowest BCUT2D eigenvalue weighted by atomic mass is 10.2. The first kappa shape index (κ1) is 11.0. The van der Waals surface area contributed by atoms with Crippen LogP contribution in [0.4, 0.5) is 13.2 Å². The molecule has 1 aromatic heterocycles. The van der Waals surface area contributed by atoms with Gasteiger partial charge in [0.2, 0.25) is 0 Å². The average Bonchev–Trinajstić information content (AvgIpc) is 2.48. The van der Waals surface area contributed by atoms with Crippen LogP contribution in [0.2, 0.25) is 0 Å². The second kappa shape index (κ2) is 3.61. The van der Waals surface area contributed by atoms with Crippen LogP contribution < -0.4 is 0 Å². The van der Waals surface area contributed by atoms with Gasteiger partial charge in [-0.2, -0.15) is 18.3 Å². The van der Waals surface area contributed by atoms with Gasteiger partial charge in [0, 0.05) is 12.2 Å². The van der Waals surface area contributed by atoms with Crippen molar-refractivity contribution in [2.45, 2.75) is 32.2 Å². The third-order valence-corrected chi connectivity index (χ3v) is 1.78. The summed E-state index contributed by atoms with van der Waals surface area (Å²) in [6, 6.07) is 0.954. The molecular formula is C8H11F3N2O. The van der Waals surface area contributed by atoms with Crippen LogP contribution in [0, 0.1) is 0 Å². The van der Waals surface area contributed by atoms with E-state index in [2.05, 4.69) is 5.10 Å². The van der Waals surface area contributed by atoms with Gasteiger partial charge in [0.25, 0.3) is 0 Å². The molecule has 0 unspecified atom stereocenters. The lowest BCUT2D eigenvalue weighted by Gasteiger charge is -2.17. The summed E-state index contributed by atoms with van der Waals surface area (Å²) in [4.78, 5) is 0. The van der Waals surface area contributed by atoms with E-state index in [1.807, 2.05) is 0 Å². The number of aromatic nitrogens is 2. The van der Waals surface area contributed by atoms with Gasteiger partial charge >= 0.3 is 6.18 Å². The van der Waals surface area contributed by atoms with Crippen LogP contribution in [0.5, 0.6) is 0 Å². The summed E-state index contributed by atoms with van der Waals surface area (Å²) in [5.41, 5.74) is -0.229. The zero-order valence-electron chi connectivity index (χ0n) is 7.78. The fourth-order valence-electron chi connectivity index (χ4n) is 1.14. The summed E-state index contributed by atoms with van der Waals surface area (Å²) >= 11 is 0. The van der Waals surface area contributed by atoms with Crippen LogP contribution in [-0.2, 0) is 0 Å². The molecule has 0 saturated carbocycles. The molecule has 1 atom stereocenters. The molecule has 0 aliphatic carbocycles. The van der Waals surface area contributed by atoms with Crippen molar-refractivity contribution in [1.82, 2.24) is 9.78 Å². The van der Waals surface area contributed by atoms with Gasteiger partial charge in [-0.05, 0) is 19.9 Å². The van der Waals surface area contributed by atoms with Gasteiger partial charge in [-0.15, -0.1) is 0 Å². The van der Waals surface area contributed by atoms with E-state index in [9.17, 15) is 13.2 Å². The molecule has 0 aliphatic rings. The number of aliphatic hydroxyl groups excluding tert-OH is 1. The molecule has 0 fully saturated rings. The summed E-state index contributed by atoms with van der Waals surface area (Å²) in [5, 5.41) is 12.7. The van der Waals surface area contributed by atoms with Crippen LogP contribution >= 0.6 is 0 Å². The largest absolute Gasteiger partial charge is 0.420 e. The Bertz CT molecular complexity index is 306. The van der Waals surface area contributed by atoms with Crippen molar-refractivity contribution < 1.29 is 18.3 Å². The zero-order valence-corrected chi connectivity index (χ0v) is 7.78. The number of hydrogen-bond donors (Lipinski definition) is 1. The summed E-state index contributed by atoms with van der Waals surface area (Å²) < 4.78 is 37.6. The standard InChI is InChI=1S/C8H11F3N2O/c1-5(2)13-6(3-4-12-13)7(14)8(9,10)11/h3-5,7,14H,1-2H3/t7-/m0/s1. The molecule has 0 spiro atoms. The van der Waals surface area contributed by atoms with Crippen LogP contribution in [0.1, 0.15) is 31.7 Å². The third-order valence-electron chi connectivity index (χ3n) is 1.78. The summed E-state index contributed by atoms with van der Waals surface area (Å²) in [7, 11) is 0. The molecule has 6 heteroatoms. The first-order valence-electron chi connectivity index (χ1n) is 4.12. The summed E-state index contributed by atoms with van der Waals surface area (Å²) in [6.07, 6.45) is -5.87. The molecule has 0 aliphatic heterocycles. The first-order valence-corrected chi connectivity index (χ1v) is 4.12. The quantitative estimate of drug-likeness (QED) is 0.807. The maximum absolute atomic E-state index is 12.2. The van der Waals surface area contributed by atoms with E-state index in [-0.39, 0.29) is 11.7 Å². The van der Waals surface area contributed by atoms with Crippen molar-refractivity contribution in [1.29, 1.82) is 0 Å². The Labute approximate surface area is 79.2 Å². The highest BCUT2D eigenvalue weighted by Gasteiger charge is 2.41. The van der Waals surface area contributed by atoms with Gasteiger partial charge < -0.3 is 5.11 Å². The summed E-state index contributed by atoms with van der Waals surface area (Å²) in [6.45, 7) is 3.39. The molecule has 1 heterocycles. The molecule has 1 rings (SSSR count). The van der Waals surface area contributed by atoms with Crippen LogP contribution in [0.25, 0.3) is 0 Å². The Morgan fingerprint density at radius 2 is 2.00 bits per heavy atom. The van der Waals surface area contributed by atoms with E-state index >= 15 is 0 Å². The molecule has 0 amide bonds. The van der Waals surface area contributed by atoms with Crippen molar-refractivity contribution in [2.24, 2.45) is 0 Å². The third kappa shape index (κ3) is 2.06. The minimum Gasteiger partial charge on any atom is -0.378 e. The van der Waals surface area contributed by atoms with Crippen molar-refractivity contribution in [3.63, 3.8) is 0 Å². The van der Waals surface area contributed by atoms with E-state index in [0.717, 1.165) is 10.7 Å². The van der Waals surface area contributed by atoms with Gasteiger partial charge in [-0.25, -0.2) is 0 Å². The second-order valence-corrected chi connectivity index (χ2v) is 3.24. The Morgan fingerprint density at radius 1 is 1.43 bits per heavy atom. The lowest BCUT2D eigenvalue weighted by Crippen LogP contribution is -2.24. The van der Waals surface area contributed by atoms with Crippen molar-refractivity contribution in [3.05, 3.63) is 18.0 Å². The first-order chi connectivity index (χ1) is 6.34. The zero-order chi connectivity index (χ0) is 10.9. The Hall–Kier alpha value is -1.04. The van der Waals surface area contributed by atoms with Crippen LogP contribution in [0.3, 0.4) is 0 Å². The average molecular weight is 208 g/mol. The fraction of sp³-hybridized carbons (Fsp3) is 0.625. The highest BCUT2D eigenvalue weighted by atomic mass is 19.4. The molecule has 1 aromatic rings. The van der Waals surface area contributed by atoms with Gasteiger partial charge in [0.05, 0.1) is 5.69 Å². The van der Waals surface area contributed by atoms with Crippen molar-refractivity contribution in [2.75, 3.05) is 0 Å². The molecule has 0 aromatic carbocycles. The van der Waals surface area contributed by atoms with Gasteiger partial charge in [0.15, 0.2) is 6.10 Å². The highest BCUT2D eigenvalue weighted by Crippen LogP contribution is 2.32. The molecule has 1 N–H and O–H groups in total. The maximum Gasteiger partial charge on any atom is 0.420 e. The molecule has 3 nitrogen and oxygen atoms in total. The number of hydrogen-bond acceptors (Lipinski definition) is 2. The smallest absolute Gasteiger partial charge is 0.378 e. The van der Waals surface area contributed by atoms with Crippen molar-refractivity contribution >= 4 is 0 Å². The van der Waals surface area contributed by atoms with E-state index in [1.165, 1.54) is 6.20 Å². The highest BCUT2D eigenvalue weighted by molar-refractivity contribution is 5.07. The minimum atomic E-state index is -4.65. The van der Waals surface area contributed by atoms with Crippen molar-refractivity contribution in [3.8, 4) is 0 Å². The lowest BCUT2D eigenvalue weighted by molar-refractivity contribution is -0.209. The van der Waals surface area contributed by atoms with E-state index in [4.69, 9.17) is 5.11 Å². The molecule has 0 bridgehead atoms. The Balaban J connectivity index is 3.01. The topological polar surface area (TPSA) is 38.0 Å². The maximum atomic E-state index is 12.2. The summed E-state index contributed by atoms with van der Waals surface area (Å²) in [5.74, 6) is 0. The van der Waals surface area contributed by atoms with E-state index in [0.29, 0.717) is 0 Å². The number of rotatable bonds is 2. The van der Waals surface area contributed by atoms with Crippen LogP contribution in [0.15, 0.2) is 12.3 Å². The molecule has 14 heavy (non-hydrogen) atoms. The number of nitrogens with zero attached hydrogens (tertiary/aromatic N) is 2. The molecular weight excluding hydrogens is 197 g/mol. The van der Waals surface area contributed by atoms with Gasteiger partial charge in [0.1, 0.15) is 0 Å². The normalized spacial score (nSPS) is 14.8. The predicted molar refractivity (Wildman–Crippen MR) is 43.6 cm³/mol. The van der Waals surface area contributed by atoms with E-state index < -0.39 is 12.3 Å². The van der Waals surface area contributed by atoms with Gasteiger partial charge in [-0.1, -0.05) is 0 Å². The van der Waals surface area contributed by atoms with E-state index in [1.54, 1.807) is 13.8 Å².